The number of hydrogen-bond donors (Lipinski definition) is 0. The molecule has 0 saturated heterocycles. The Morgan fingerprint density at radius 1 is 1.05 bits per heavy atom. The lowest BCUT2D eigenvalue weighted by Crippen LogP contribution is -2.41. The molecular weight excluding hydrogens is 537 g/mol. The second-order valence-corrected chi connectivity index (χ2v) is 8.74. The van der Waals surface area contributed by atoms with Gasteiger partial charge in [-0.15, -0.1) is 0 Å². The summed E-state index contributed by atoms with van der Waals surface area (Å²) in [5.41, 5.74) is -1.69. The molecule has 1 aliphatic rings. The van der Waals surface area contributed by atoms with Gasteiger partial charge in [-0.25, -0.2) is 13.8 Å². The molecule has 0 radical (unpaired) electrons. The normalized spacial score (nSPS) is 14.9. The molecule has 0 spiro atoms. The topological polar surface area (TPSA) is 72.0 Å². The minimum absolute atomic E-state index is 0.000585. The summed E-state index contributed by atoms with van der Waals surface area (Å²) in [6.45, 7) is 1.30. The summed E-state index contributed by atoms with van der Waals surface area (Å²) in [5, 5.41) is -0.474. The van der Waals surface area contributed by atoms with Gasteiger partial charge in [0.15, 0.2) is 0 Å². The molecule has 0 N–H and O–H groups in total. The Morgan fingerprint density at radius 3 is 2.34 bits per heavy atom. The number of carbonyl (C=O) groups excluding carboxylic acids is 2. The molecule has 2 amide bonds. The van der Waals surface area contributed by atoms with E-state index >= 15 is 0 Å². The van der Waals surface area contributed by atoms with E-state index in [2.05, 4.69) is 4.98 Å². The van der Waals surface area contributed by atoms with Crippen molar-refractivity contribution >= 4 is 34.9 Å². The van der Waals surface area contributed by atoms with Crippen LogP contribution in [0.5, 0.6) is 11.5 Å². The van der Waals surface area contributed by atoms with Gasteiger partial charge >= 0.3 is 6.18 Å². The zero-order valence-corrected chi connectivity index (χ0v) is 21.0. The van der Waals surface area contributed by atoms with E-state index in [-0.39, 0.29) is 28.3 Å². The average Bonchev–Trinajstić information content (AvgIpc) is 3.16. The third kappa shape index (κ3) is 4.60. The molecule has 0 aliphatic carbocycles. The van der Waals surface area contributed by atoms with Gasteiger partial charge in [-0.1, -0.05) is 11.6 Å². The molecule has 1 atom stereocenters. The van der Waals surface area contributed by atoms with Crippen molar-refractivity contribution in [1.82, 2.24) is 4.98 Å². The number of rotatable bonds is 5. The fourth-order valence-corrected chi connectivity index (χ4v) is 4.36. The maximum absolute atomic E-state index is 14.7. The number of anilines is 2. The standard InChI is InChI=1S/C25H19ClF5N3O4/c1-11-5-12(25(29,30)31)6-20(32-11)34-22(21-14(23(34)35)7-13(37-3)8-19(21)38-4)24(36)33(2)18-9-15(26)16(27)10-17(18)28/h5-10,22H,1-4H3/t22-/m1/s1. The predicted octanol–water partition coefficient (Wildman–Crippen LogP) is 5.72. The van der Waals surface area contributed by atoms with Gasteiger partial charge in [-0.05, 0) is 31.2 Å². The van der Waals surface area contributed by atoms with Crippen LogP contribution in [-0.2, 0) is 11.0 Å². The number of pyridine rings is 1. The van der Waals surface area contributed by atoms with E-state index in [4.69, 9.17) is 21.1 Å². The maximum Gasteiger partial charge on any atom is 0.416 e. The predicted molar refractivity (Wildman–Crippen MR) is 128 cm³/mol. The van der Waals surface area contributed by atoms with E-state index in [0.717, 1.165) is 29.0 Å². The third-order valence-corrected chi connectivity index (χ3v) is 6.27. The maximum atomic E-state index is 14.7. The summed E-state index contributed by atoms with van der Waals surface area (Å²) in [6, 6.07) is 3.84. The zero-order chi connectivity index (χ0) is 28.1. The zero-order valence-electron chi connectivity index (χ0n) is 20.3. The lowest BCUT2D eigenvalue weighted by atomic mass is 10.0. The first-order valence-electron chi connectivity index (χ1n) is 10.9. The van der Waals surface area contributed by atoms with Crippen molar-refractivity contribution in [2.24, 2.45) is 0 Å². The van der Waals surface area contributed by atoms with Crippen molar-refractivity contribution in [3.05, 3.63) is 75.4 Å². The van der Waals surface area contributed by atoms with Crippen molar-refractivity contribution in [2.75, 3.05) is 31.1 Å². The fraction of sp³-hybridized carbons (Fsp3) is 0.240. The molecule has 38 heavy (non-hydrogen) atoms. The molecule has 2 heterocycles. The number of alkyl halides is 3. The number of ether oxygens (including phenoxy) is 2. The quantitative estimate of drug-likeness (QED) is 0.297. The van der Waals surface area contributed by atoms with Gasteiger partial charge in [0.2, 0.25) is 0 Å². The number of aryl methyl sites for hydroxylation is 1. The Labute approximate surface area is 218 Å². The molecule has 0 bridgehead atoms. The Morgan fingerprint density at radius 2 is 1.74 bits per heavy atom. The van der Waals surface area contributed by atoms with E-state index in [0.29, 0.717) is 12.1 Å². The van der Waals surface area contributed by atoms with E-state index in [9.17, 15) is 31.5 Å². The van der Waals surface area contributed by atoms with Crippen molar-refractivity contribution in [3.8, 4) is 11.5 Å². The van der Waals surface area contributed by atoms with Gasteiger partial charge in [0, 0.05) is 30.4 Å². The lowest BCUT2D eigenvalue weighted by molar-refractivity contribution is -0.137. The molecule has 0 fully saturated rings. The summed E-state index contributed by atoms with van der Waals surface area (Å²) in [6.07, 6.45) is -4.77. The van der Waals surface area contributed by atoms with Crippen LogP contribution in [0.15, 0.2) is 36.4 Å². The number of nitrogens with zero attached hydrogens (tertiary/aromatic N) is 3. The minimum Gasteiger partial charge on any atom is -0.497 e. The van der Waals surface area contributed by atoms with Gasteiger partial charge in [-0.3, -0.25) is 14.5 Å². The number of aromatic nitrogens is 1. The first-order valence-corrected chi connectivity index (χ1v) is 11.2. The highest BCUT2D eigenvalue weighted by Crippen LogP contribution is 2.46. The number of methoxy groups -OCH3 is 2. The second kappa shape index (κ2) is 9.75. The number of hydrogen-bond acceptors (Lipinski definition) is 5. The van der Waals surface area contributed by atoms with Gasteiger partial charge in [0.1, 0.15) is 35.0 Å². The highest BCUT2D eigenvalue weighted by Gasteiger charge is 2.47. The van der Waals surface area contributed by atoms with Crippen LogP contribution in [0.3, 0.4) is 0 Å². The molecule has 7 nitrogen and oxygen atoms in total. The van der Waals surface area contributed by atoms with Crippen molar-refractivity contribution in [2.45, 2.75) is 19.1 Å². The number of halogens is 6. The van der Waals surface area contributed by atoms with E-state index in [1.807, 2.05) is 0 Å². The van der Waals surface area contributed by atoms with Crippen LogP contribution < -0.4 is 19.3 Å². The number of carbonyl (C=O) groups is 2. The number of likely N-dealkylation sites (N-methyl/N-ethyl adjacent to an activating group) is 1. The van der Waals surface area contributed by atoms with E-state index < -0.39 is 57.8 Å². The molecule has 1 aromatic heterocycles. The van der Waals surface area contributed by atoms with Crippen molar-refractivity contribution in [1.29, 1.82) is 0 Å². The van der Waals surface area contributed by atoms with Gasteiger partial charge in [0.05, 0.1) is 36.1 Å². The highest BCUT2D eigenvalue weighted by molar-refractivity contribution is 6.31. The second-order valence-electron chi connectivity index (χ2n) is 8.34. The largest absolute Gasteiger partial charge is 0.497 e. The van der Waals surface area contributed by atoms with Crippen LogP contribution in [0.25, 0.3) is 0 Å². The Kier molecular flexibility index (Phi) is 6.96. The third-order valence-electron chi connectivity index (χ3n) is 5.98. The summed E-state index contributed by atoms with van der Waals surface area (Å²) in [4.78, 5) is 33.1. The summed E-state index contributed by atoms with van der Waals surface area (Å²) in [7, 11) is 3.74. The summed E-state index contributed by atoms with van der Waals surface area (Å²) in [5.74, 6) is -4.29. The SMILES string of the molecule is COc1cc(OC)c2c(c1)C(=O)N(c1cc(C(F)(F)F)cc(C)n1)[C@H]2C(=O)N(C)c1cc(Cl)c(F)cc1F. The minimum atomic E-state index is -4.77. The Bertz CT molecular complexity index is 1460. The molecule has 13 heteroatoms. The fourth-order valence-electron chi connectivity index (χ4n) is 4.20. The first kappa shape index (κ1) is 27.1. The Hall–Kier alpha value is -3.93. The highest BCUT2D eigenvalue weighted by atomic mass is 35.5. The number of benzene rings is 2. The van der Waals surface area contributed by atoms with E-state index in [1.54, 1.807) is 0 Å². The van der Waals surface area contributed by atoms with Crippen LogP contribution in [0.4, 0.5) is 33.5 Å². The van der Waals surface area contributed by atoms with Gasteiger partial charge < -0.3 is 14.4 Å². The van der Waals surface area contributed by atoms with Crippen LogP contribution in [-0.4, -0.2) is 38.1 Å². The molecule has 1 aliphatic heterocycles. The first-order chi connectivity index (χ1) is 17.8. The molecular formula is C25H19ClF5N3O4. The average molecular weight is 556 g/mol. The van der Waals surface area contributed by atoms with Gasteiger partial charge in [-0.2, -0.15) is 13.2 Å². The van der Waals surface area contributed by atoms with Crippen LogP contribution in [0.1, 0.15) is 33.2 Å². The molecule has 0 unspecified atom stereocenters. The van der Waals surface area contributed by atoms with Crippen molar-refractivity contribution in [3.63, 3.8) is 0 Å². The van der Waals surface area contributed by atoms with Crippen molar-refractivity contribution < 1.29 is 41.0 Å². The number of fused-ring (bicyclic) bond motifs is 1. The van der Waals surface area contributed by atoms with E-state index in [1.165, 1.54) is 33.3 Å². The summed E-state index contributed by atoms with van der Waals surface area (Å²) < 4.78 is 79.8. The molecule has 0 saturated carbocycles. The van der Waals surface area contributed by atoms with Gasteiger partial charge in [0.25, 0.3) is 11.8 Å². The van der Waals surface area contributed by atoms with Crippen LogP contribution >= 0.6 is 11.6 Å². The lowest BCUT2D eigenvalue weighted by Gasteiger charge is -2.29. The summed E-state index contributed by atoms with van der Waals surface area (Å²) >= 11 is 5.79. The van der Waals surface area contributed by atoms with Crippen LogP contribution in [0, 0.1) is 18.6 Å². The smallest absolute Gasteiger partial charge is 0.416 e. The molecule has 2 aromatic carbocycles. The molecule has 4 rings (SSSR count). The Balaban J connectivity index is 1.95. The molecule has 3 aromatic rings. The molecule has 200 valence electrons. The monoisotopic (exact) mass is 555 g/mol. The van der Waals surface area contributed by atoms with Crippen LogP contribution in [0.2, 0.25) is 5.02 Å². The number of amides is 2.